The molecule has 1 aromatic rings. The number of aryl methyl sites for hydroxylation is 1. The van der Waals surface area contributed by atoms with Gasteiger partial charge in [0.2, 0.25) is 6.29 Å². The van der Waals surface area contributed by atoms with Crippen molar-refractivity contribution in [2.45, 2.75) is 49.8 Å². The molecule has 23 heavy (non-hydrogen) atoms. The number of azo groups is 1. The zero-order valence-corrected chi connectivity index (χ0v) is 14.4. The van der Waals surface area contributed by atoms with E-state index in [1.807, 2.05) is 39.8 Å². The van der Waals surface area contributed by atoms with Crippen LogP contribution in [-0.2, 0) is 25.1 Å². The highest BCUT2D eigenvalue weighted by atomic mass is 32.2. The van der Waals surface area contributed by atoms with Gasteiger partial charge in [-0.15, -0.1) is 0 Å². The first-order valence-electron chi connectivity index (χ1n) is 7.61. The van der Waals surface area contributed by atoms with Crippen LogP contribution in [0.15, 0.2) is 39.4 Å². The van der Waals surface area contributed by atoms with Crippen LogP contribution >= 0.6 is 0 Å². The Morgan fingerprint density at radius 2 is 2.00 bits per heavy atom. The normalized spacial score (nSPS) is 36.8. The van der Waals surface area contributed by atoms with Crippen molar-refractivity contribution in [3.63, 3.8) is 0 Å². The summed E-state index contributed by atoms with van der Waals surface area (Å²) in [6, 6.07) is 6.88. The van der Waals surface area contributed by atoms with Gasteiger partial charge in [0.05, 0.1) is 16.8 Å². The van der Waals surface area contributed by atoms with Gasteiger partial charge in [0, 0.05) is 11.5 Å². The van der Waals surface area contributed by atoms with Crippen molar-refractivity contribution < 1.29 is 18.5 Å². The molecule has 0 saturated carbocycles. The van der Waals surface area contributed by atoms with Gasteiger partial charge in [0.25, 0.3) is 4.87 Å². The first-order valence-corrected chi connectivity index (χ1v) is 8.76. The first kappa shape index (κ1) is 16.3. The summed E-state index contributed by atoms with van der Waals surface area (Å²) < 4.78 is 24.3. The maximum atomic E-state index is 13.3. The number of rotatable bonds is 4. The Bertz CT molecular complexity index is 690. The van der Waals surface area contributed by atoms with E-state index in [9.17, 15) is 9.00 Å². The maximum Gasteiger partial charge on any atom is 0.352 e. The molecule has 124 valence electrons. The molecule has 0 N–H and O–H groups in total. The minimum atomic E-state index is -1.72. The molecule has 0 radical (unpaired) electrons. The standard InChI is InChI=1S/C16H20N2O4S/c1-5-21-14-15(4)11(3)17-18-16(15,13(19)22-14)23(20)12-8-6-10(2)7-9-12/h6-9,11,14H,5H2,1-4H3/t11-,14-,15+,16+,23+/m1/s1. The van der Waals surface area contributed by atoms with Crippen LogP contribution in [0, 0.1) is 12.3 Å². The summed E-state index contributed by atoms with van der Waals surface area (Å²) >= 11 is 0. The van der Waals surface area contributed by atoms with Crippen LogP contribution in [0.4, 0.5) is 0 Å². The molecular weight excluding hydrogens is 316 g/mol. The van der Waals surface area contributed by atoms with E-state index in [-0.39, 0.29) is 6.04 Å². The average Bonchev–Trinajstić information content (AvgIpc) is 2.92. The van der Waals surface area contributed by atoms with E-state index >= 15 is 0 Å². The van der Waals surface area contributed by atoms with E-state index in [2.05, 4.69) is 10.2 Å². The SMILES string of the molecule is CCO[C@@H]1OC(=O)[C@@]2([S@@](=O)c3ccc(C)cc3)N=N[C@H](C)[C@@]12C. The molecule has 3 rings (SSSR count). The molecule has 2 heterocycles. The second kappa shape index (κ2) is 5.49. The van der Waals surface area contributed by atoms with E-state index < -0.39 is 33.3 Å². The van der Waals surface area contributed by atoms with Gasteiger partial charge in [0.15, 0.2) is 0 Å². The summed E-state index contributed by atoms with van der Waals surface area (Å²) in [5.41, 5.74) is 0.143. The third kappa shape index (κ3) is 2.03. The van der Waals surface area contributed by atoms with E-state index in [1.165, 1.54) is 0 Å². The molecule has 0 aliphatic carbocycles. The zero-order chi connectivity index (χ0) is 16.8. The number of ether oxygens (including phenoxy) is 2. The molecule has 6 nitrogen and oxygen atoms in total. The quantitative estimate of drug-likeness (QED) is 0.792. The molecule has 0 aromatic heterocycles. The number of fused-ring (bicyclic) bond motifs is 1. The highest BCUT2D eigenvalue weighted by Crippen LogP contribution is 2.56. The molecule has 1 aromatic carbocycles. The summed E-state index contributed by atoms with van der Waals surface area (Å²) in [5, 5.41) is 8.33. The summed E-state index contributed by atoms with van der Waals surface area (Å²) in [6.07, 6.45) is -0.806. The fourth-order valence-corrected chi connectivity index (χ4v) is 4.81. The van der Waals surface area contributed by atoms with Crippen LogP contribution in [0.5, 0.6) is 0 Å². The summed E-state index contributed by atoms with van der Waals surface area (Å²) in [6.45, 7) is 7.80. The van der Waals surface area contributed by atoms with Crippen molar-refractivity contribution in [2.24, 2.45) is 15.6 Å². The lowest BCUT2D eigenvalue weighted by molar-refractivity contribution is -0.176. The summed E-state index contributed by atoms with van der Waals surface area (Å²) in [5.74, 6) is -0.634. The molecule has 1 fully saturated rings. The Morgan fingerprint density at radius 3 is 2.61 bits per heavy atom. The minimum absolute atomic E-state index is 0.333. The van der Waals surface area contributed by atoms with Crippen molar-refractivity contribution in [3.8, 4) is 0 Å². The Kier molecular flexibility index (Phi) is 3.88. The molecule has 0 bridgehead atoms. The highest BCUT2D eigenvalue weighted by Gasteiger charge is 2.75. The van der Waals surface area contributed by atoms with Crippen LogP contribution in [0.25, 0.3) is 0 Å². The van der Waals surface area contributed by atoms with Gasteiger partial charge < -0.3 is 9.47 Å². The number of hydrogen-bond donors (Lipinski definition) is 0. The van der Waals surface area contributed by atoms with Gasteiger partial charge in [-0.3, -0.25) is 4.21 Å². The predicted molar refractivity (Wildman–Crippen MR) is 84.2 cm³/mol. The van der Waals surface area contributed by atoms with E-state index in [0.29, 0.717) is 11.5 Å². The number of carbonyl (C=O) groups is 1. The number of cyclic esters (lactones) is 1. The molecule has 0 spiro atoms. The second-order valence-corrected chi connectivity index (χ2v) is 7.69. The number of carbonyl (C=O) groups excluding carboxylic acids is 1. The van der Waals surface area contributed by atoms with Gasteiger partial charge in [-0.1, -0.05) is 17.7 Å². The smallest absolute Gasteiger partial charge is 0.352 e. The largest absolute Gasteiger partial charge is 0.432 e. The molecular formula is C16H20N2O4S. The van der Waals surface area contributed by atoms with Crippen molar-refractivity contribution in [1.29, 1.82) is 0 Å². The van der Waals surface area contributed by atoms with Gasteiger partial charge >= 0.3 is 5.97 Å². The highest BCUT2D eigenvalue weighted by molar-refractivity contribution is 7.87. The average molecular weight is 336 g/mol. The Labute approximate surface area is 137 Å². The summed E-state index contributed by atoms with van der Waals surface area (Å²) in [4.78, 5) is 11.6. The topological polar surface area (TPSA) is 77.3 Å². The molecule has 5 atom stereocenters. The fourth-order valence-electron chi connectivity index (χ4n) is 3.10. The predicted octanol–water partition coefficient (Wildman–Crippen LogP) is 2.58. The van der Waals surface area contributed by atoms with Crippen molar-refractivity contribution in [1.82, 2.24) is 0 Å². The van der Waals surface area contributed by atoms with Gasteiger partial charge in [0.1, 0.15) is 5.41 Å². The third-order valence-corrected chi connectivity index (χ3v) is 6.70. The Balaban J connectivity index is 2.10. The Morgan fingerprint density at radius 1 is 1.35 bits per heavy atom. The van der Waals surface area contributed by atoms with Crippen molar-refractivity contribution >= 4 is 16.8 Å². The number of hydrogen-bond acceptors (Lipinski definition) is 6. The van der Waals surface area contributed by atoms with Gasteiger partial charge in [-0.25, -0.2) is 4.79 Å². The van der Waals surface area contributed by atoms with Crippen LogP contribution in [-0.4, -0.2) is 34.0 Å². The first-order chi connectivity index (χ1) is 10.9. The molecule has 7 heteroatoms. The molecule has 2 aliphatic heterocycles. The number of benzene rings is 1. The molecule has 1 saturated heterocycles. The van der Waals surface area contributed by atoms with Crippen molar-refractivity contribution in [3.05, 3.63) is 29.8 Å². The fraction of sp³-hybridized carbons (Fsp3) is 0.562. The lowest BCUT2D eigenvalue weighted by Crippen LogP contribution is -2.53. The van der Waals surface area contributed by atoms with E-state index in [1.54, 1.807) is 12.1 Å². The van der Waals surface area contributed by atoms with Gasteiger partial charge in [-0.2, -0.15) is 10.2 Å². The van der Waals surface area contributed by atoms with Crippen LogP contribution in [0.1, 0.15) is 26.3 Å². The van der Waals surface area contributed by atoms with Crippen LogP contribution in [0.2, 0.25) is 0 Å². The van der Waals surface area contributed by atoms with Crippen molar-refractivity contribution in [2.75, 3.05) is 6.61 Å². The van der Waals surface area contributed by atoms with E-state index in [0.717, 1.165) is 5.56 Å². The molecule has 0 amide bonds. The lowest BCUT2D eigenvalue weighted by Gasteiger charge is -2.34. The van der Waals surface area contributed by atoms with Crippen LogP contribution in [0.3, 0.4) is 0 Å². The van der Waals surface area contributed by atoms with Gasteiger partial charge in [-0.05, 0) is 39.8 Å². The minimum Gasteiger partial charge on any atom is -0.432 e. The van der Waals surface area contributed by atoms with E-state index in [4.69, 9.17) is 9.47 Å². The second-order valence-electron chi connectivity index (χ2n) is 6.09. The third-order valence-electron chi connectivity index (χ3n) is 4.77. The van der Waals surface area contributed by atoms with Crippen LogP contribution < -0.4 is 0 Å². The summed E-state index contributed by atoms with van der Waals surface area (Å²) in [7, 11) is -1.72. The zero-order valence-electron chi connectivity index (χ0n) is 13.6. The number of nitrogens with zero attached hydrogens (tertiary/aromatic N) is 2. The molecule has 2 aliphatic rings. The number of esters is 1. The maximum absolute atomic E-state index is 13.3. The Hall–Kier alpha value is -1.60. The lowest BCUT2D eigenvalue weighted by atomic mass is 9.78. The molecule has 0 unspecified atom stereocenters. The monoisotopic (exact) mass is 336 g/mol.